The molecule has 2 aromatic heterocycles. The SMILES string of the molecule is Cc1ccnc(Oc2ccc(-c3c(N)ncnc3-c3ccc(NC(=O)C#CC4CC4)cc3)cc2F)n1. The molecule has 4 aromatic rings. The Morgan fingerprint density at radius 1 is 1.08 bits per heavy atom. The van der Waals surface area contributed by atoms with Crippen LogP contribution in [0.5, 0.6) is 11.8 Å². The van der Waals surface area contributed by atoms with E-state index in [4.69, 9.17) is 10.5 Å². The van der Waals surface area contributed by atoms with Crippen molar-refractivity contribution in [3.8, 4) is 46.0 Å². The third-order valence-electron chi connectivity index (χ3n) is 5.45. The zero-order valence-corrected chi connectivity index (χ0v) is 19.3. The summed E-state index contributed by atoms with van der Waals surface area (Å²) in [5.74, 6) is 5.10. The first kappa shape index (κ1) is 22.9. The topological polar surface area (TPSA) is 116 Å². The molecule has 1 aliphatic carbocycles. The predicted octanol–water partition coefficient (Wildman–Crippen LogP) is 4.77. The lowest BCUT2D eigenvalue weighted by Crippen LogP contribution is -2.08. The van der Waals surface area contributed by atoms with Gasteiger partial charge in [-0.05, 0) is 61.6 Å². The first-order valence-electron chi connectivity index (χ1n) is 11.3. The van der Waals surface area contributed by atoms with Crippen LogP contribution in [0.2, 0.25) is 0 Å². The van der Waals surface area contributed by atoms with E-state index in [2.05, 4.69) is 37.1 Å². The molecule has 0 bridgehead atoms. The number of amides is 1. The third kappa shape index (κ3) is 5.28. The predicted molar refractivity (Wildman–Crippen MR) is 133 cm³/mol. The number of halogens is 1. The molecule has 0 radical (unpaired) electrons. The van der Waals surface area contributed by atoms with Gasteiger partial charge in [0.25, 0.3) is 5.91 Å². The van der Waals surface area contributed by atoms with E-state index in [0.717, 1.165) is 18.4 Å². The number of aromatic nitrogens is 4. The Balaban J connectivity index is 1.40. The van der Waals surface area contributed by atoms with E-state index in [1.165, 1.54) is 24.7 Å². The van der Waals surface area contributed by atoms with Gasteiger partial charge in [0, 0.05) is 29.1 Å². The second-order valence-corrected chi connectivity index (χ2v) is 8.29. The molecule has 2 heterocycles. The highest BCUT2D eigenvalue weighted by Gasteiger charge is 2.19. The van der Waals surface area contributed by atoms with Crippen molar-refractivity contribution >= 4 is 17.4 Å². The van der Waals surface area contributed by atoms with Gasteiger partial charge in [-0.2, -0.15) is 0 Å². The van der Waals surface area contributed by atoms with Crippen molar-refractivity contribution in [1.29, 1.82) is 0 Å². The highest BCUT2D eigenvalue weighted by molar-refractivity contribution is 6.04. The molecule has 5 rings (SSSR count). The number of nitrogens with two attached hydrogens (primary N) is 1. The van der Waals surface area contributed by atoms with Crippen molar-refractivity contribution in [2.45, 2.75) is 19.8 Å². The number of carbonyl (C=O) groups is 1. The minimum Gasteiger partial charge on any atom is -0.421 e. The number of rotatable bonds is 5. The zero-order valence-electron chi connectivity index (χ0n) is 19.3. The Morgan fingerprint density at radius 2 is 1.86 bits per heavy atom. The van der Waals surface area contributed by atoms with E-state index in [1.54, 1.807) is 43.3 Å². The second-order valence-electron chi connectivity index (χ2n) is 8.29. The first-order chi connectivity index (χ1) is 17.5. The normalized spacial score (nSPS) is 12.4. The van der Waals surface area contributed by atoms with Crippen molar-refractivity contribution < 1.29 is 13.9 Å². The van der Waals surface area contributed by atoms with Crippen molar-refractivity contribution in [2.75, 3.05) is 11.1 Å². The molecule has 0 saturated heterocycles. The number of benzene rings is 2. The van der Waals surface area contributed by atoms with Crippen LogP contribution in [0.25, 0.3) is 22.4 Å². The lowest BCUT2D eigenvalue weighted by atomic mass is 9.99. The number of nitrogens with zero attached hydrogens (tertiary/aromatic N) is 4. The quantitative estimate of drug-likeness (QED) is 0.395. The fourth-order valence-electron chi connectivity index (χ4n) is 3.48. The van der Waals surface area contributed by atoms with Gasteiger partial charge in [-0.3, -0.25) is 4.79 Å². The number of nitrogens with one attached hydrogen (secondary N) is 1. The van der Waals surface area contributed by atoms with Gasteiger partial charge in [-0.25, -0.2) is 24.3 Å². The minimum atomic E-state index is -0.614. The summed E-state index contributed by atoms with van der Waals surface area (Å²) in [4.78, 5) is 28.6. The van der Waals surface area contributed by atoms with Crippen molar-refractivity contribution in [3.05, 3.63) is 72.6 Å². The van der Waals surface area contributed by atoms with E-state index >= 15 is 0 Å². The van der Waals surface area contributed by atoms with Crippen LogP contribution >= 0.6 is 0 Å². The molecule has 9 heteroatoms. The molecule has 0 spiro atoms. The van der Waals surface area contributed by atoms with Crippen LogP contribution in [0.3, 0.4) is 0 Å². The Labute approximate surface area is 206 Å². The number of anilines is 2. The Bertz CT molecular complexity index is 1510. The van der Waals surface area contributed by atoms with Crippen molar-refractivity contribution in [3.63, 3.8) is 0 Å². The number of aryl methyl sites for hydroxylation is 1. The first-order valence-corrected chi connectivity index (χ1v) is 11.3. The number of nitrogen functional groups attached to an aromatic ring is 1. The number of hydrogen-bond acceptors (Lipinski definition) is 7. The molecule has 178 valence electrons. The summed E-state index contributed by atoms with van der Waals surface area (Å²) in [6.07, 6.45) is 5.00. The summed E-state index contributed by atoms with van der Waals surface area (Å²) in [7, 11) is 0. The summed E-state index contributed by atoms with van der Waals surface area (Å²) in [5, 5.41) is 2.75. The zero-order chi connectivity index (χ0) is 25.1. The molecule has 3 N–H and O–H groups in total. The van der Waals surface area contributed by atoms with Gasteiger partial charge in [0.15, 0.2) is 11.6 Å². The van der Waals surface area contributed by atoms with Gasteiger partial charge < -0.3 is 15.8 Å². The largest absolute Gasteiger partial charge is 0.421 e. The lowest BCUT2D eigenvalue weighted by Gasteiger charge is -2.13. The van der Waals surface area contributed by atoms with E-state index < -0.39 is 5.82 Å². The highest BCUT2D eigenvalue weighted by atomic mass is 19.1. The molecule has 1 aliphatic rings. The third-order valence-corrected chi connectivity index (χ3v) is 5.45. The van der Waals surface area contributed by atoms with Crippen molar-refractivity contribution in [1.82, 2.24) is 19.9 Å². The van der Waals surface area contributed by atoms with E-state index in [0.29, 0.717) is 34.1 Å². The molecule has 1 amide bonds. The van der Waals surface area contributed by atoms with Gasteiger partial charge in [-0.15, -0.1) is 0 Å². The molecule has 0 unspecified atom stereocenters. The van der Waals surface area contributed by atoms with Gasteiger partial charge in [-0.1, -0.05) is 24.1 Å². The average Bonchev–Trinajstić information content (AvgIpc) is 3.69. The standard InChI is InChI=1S/C27H21FN6O2/c1-16-12-13-30-27(33-16)36-22-10-7-19(14-21(22)28)24-25(31-15-32-26(24)29)18-5-8-20(9-6-18)34-23(35)11-4-17-2-3-17/h5-10,12-15,17H,2-3H2,1H3,(H,34,35)(H2,29,31,32). The Kier molecular flexibility index (Phi) is 6.24. The minimum absolute atomic E-state index is 0.0220. The van der Waals surface area contributed by atoms with Crippen LogP contribution in [0.15, 0.2) is 61.1 Å². The Morgan fingerprint density at radius 3 is 2.58 bits per heavy atom. The molecule has 36 heavy (non-hydrogen) atoms. The van der Waals surface area contributed by atoms with Crippen LogP contribution in [-0.2, 0) is 4.79 Å². The van der Waals surface area contributed by atoms with E-state index in [-0.39, 0.29) is 23.5 Å². The maximum Gasteiger partial charge on any atom is 0.322 e. The van der Waals surface area contributed by atoms with Gasteiger partial charge in [0.05, 0.1) is 11.3 Å². The average molecular weight is 481 g/mol. The summed E-state index contributed by atoms with van der Waals surface area (Å²) in [5.41, 5.74) is 9.67. The Hall–Kier alpha value is -4.84. The maximum absolute atomic E-state index is 15.0. The molecule has 8 nitrogen and oxygen atoms in total. The van der Waals surface area contributed by atoms with Crippen LogP contribution in [-0.4, -0.2) is 25.8 Å². The molecule has 0 atom stereocenters. The molecule has 1 fully saturated rings. The molecule has 1 saturated carbocycles. The summed E-state index contributed by atoms with van der Waals surface area (Å²) in [6, 6.07) is 13.3. The summed E-state index contributed by atoms with van der Waals surface area (Å²) >= 11 is 0. The highest BCUT2D eigenvalue weighted by Crippen LogP contribution is 2.36. The van der Waals surface area contributed by atoms with Crippen LogP contribution < -0.4 is 15.8 Å². The molecule has 2 aromatic carbocycles. The fourth-order valence-corrected chi connectivity index (χ4v) is 3.48. The number of ether oxygens (including phenoxy) is 1. The smallest absolute Gasteiger partial charge is 0.322 e. The van der Waals surface area contributed by atoms with Crippen molar-refractivity contribution in [2.24, 2.45) is 5.92 Å². The molecular formula is C27H21FN6O2. The summed E-state index contributed by atoms with van der Waals surface area (Å²) in [6.45, 7) is 1.79. The lowest BCUT2D eigenvalue weighted by molar-refractivity contribution is -0.111. The number of carbonyl (C=O) groups excluding carboxylic acids is 1. The monoisotopic (exact) mass is 480 g/mol. The fraction of sp³-hybridized carbons (Fsp3) is 0.148. The summed E-state index contributed by atoms with van der Waals surface area (Å²) < 4.78 is 20.5. The molecule has 0 aliphatic heterocycles. The molecular weight excluding hydrogens is 459 g/mol. The van der Waals surface area contributed by atoms with Gasteiger partial charge >= 0.3 is 6.01 Å². The van der Waals surface area contributed by atoms with Gasteiger partial charge in [0.2, 0.25) is 0 Å². The van der Waals surface area contributed by atoms with Crippen LogP contribution in [0.4, 0.5) is 15.9 Å². The van der Waals surface area contributed by atoms with Crippen LogP contribution in [0.1, 0.15) is 18.5 Å². The van der Waals surface area contributed by atoms with Gasteiger partial charge in [0.1, 0.15) is 12.1 Å². The number of hydrogen-bond donors (Lipinski definition) is 2. The maximum atomic E-state index is 15.0. The van der Waals surface area contributed by atoms with E-state index in [1.807, 2.05) is 0 Å². The van der Waals surface area contributed by atoms with Crippen LogP contribution in [0, 0.1) is 30.5 Å². The van der Waals surface area contributed by atoms with E-state index in [9.17, 15) is 9.18 Å². The second kappa shape index (κ2) is 9.80.